The summed E-state index contributed by atoms with van der Waals surface area (Å²) in [5, 5.41) is 0.398. The molecule has 2 amide bonds. The number of rotatable bonds is 2. The molecule has 5 heterocycles. The van der Waals surface area contributed by atoms with E-state index in [2.05, 4.69) is 4.98 Å². The van der Waals surface area contributed by atoms with Gasteiger partial charge in [0.1, 0.15) is 11.5 Å². The summed E-state index contributed by atoms with van der Waals surface area (Å²) in [7, 11) is 0. The number of Topliss-reactive ketones (excluding diaryl/α,β-unsaturated/α-hetero) is 1. The minimum absolute atomic E-state index is 0.0355. The standard InChI is InChI=1S/C29H28FN5O2/c30-20-14-19-17-34(29(37)32-9-3-1-4-10-32)13-12-33-18-23(22(15-20)28(19)33)27-21(7-8-25(27)36)24-16-31-26-6-2-5-11-35(24)26/h2,5-6,11,14-16,18H,1,3-4,7-10,12-13,17H2/i1D2,3D2,4D2,9D2,10D2. The lowest BCUT2D eigenvalue weighted by Crippen LogP contribution is -2.45. The van der Waals surface area contributed by atoms with Crippen LogP contribution in [-0.2, 0) is 17.9 Å². The van der Waals surface area contributed by atoms with E-state index < -0.39 is 44.0 Å². The maximum atomic E-state index is 15.3. The van der Waals surface area contributed by atoms with E-state index in [1.807, 2.05) is 28.8 Å². The zero-order chi connectivity index (χ0) is 34.1. The minimum Gasteiger partial charge on any atom is -0.345 e. The van der Waals surface area contributed by atoms with Gasteiger partial charge in [0, 0.05) is 81.7 Å². The molecule has 0 saturated carbocycles. The van der Waals surface area contributed by atoms with Gasteiger partial charge in [-0.2, -0.15) is 0 Å². The molecule has 37 heavy (non-hydrogen) atoms. The number of allylic oxidation sites excluding steroid dienone is 2. The third-order valence-corrected chi connectivity index (χ3v) is 7.09. The van der Waals surface area contributed by atoms with Crippen LogP contribution in [0.3, 0.4) is 0 Å². The van der Waals surface area contributed by atoms with Gasteiger partial charge in [-0.1, -0.05) is 6.07 Å². The molecule has 1 fully saturated rings. The van der Waals surface area contributed by atoms with Crippen molar-refractivity contribution >= 4 is 39.5 Å². The lowest BCUT2D eigenvalue weighted by molar-refractivity contribution is -0.113. The number of piperidine rings is 1. The Bertz CT molecular complexity index is 2020. The number of urea groups is 1. The van der Waals surface area contributed by atoms with Crippen molar-refractivity contribution in [2.75, 3.05) is 19.5 Å². The first-order valence-electron chi connectivity index (χ1n) is 16.9. The molecule has 0 atom stereocenters. The van der Waals surface area contributed by atoms with Crippen LogP contribution in [0.5, 0.6) is 0 Å². The average Bonchev–Trinajstić information content (AvgIpc) is 3.64. The second-order valence-corrected chi connectivity index (χ2v) is 9.18. The lowest BCUT2D eigenvalue weighted by atomic mass is 9.98. The number of carbonyl (C=O) groups excluding carboxylic acids is 2. The number of ketones is 1. The topological polar surface area (TPSA) is 62.9 Å². The molecule has 3 aliphatic rings. The van der Waals surface area contributed by atoms with Gasteiger partial charge in [0.2, 0.25) is 0 Å². The number of hydrogen-bond acceptors (Lipinski definition) is 3. The number of imidazole rings is 1. The van der Waals surface area contributed by atoms with Gasteiger partial charge < -0.3 is 14.4 Å². The van der Waals surface area contributed by atoms with Crippen molar-refractivity contribution in [1.29, 1.82) is 0 Å². The summed E-state index contributed by atoms with van der Waals surface area (Å²) in [5.41, 5.74) is 3.85. The Morgan fingerprint density at radius 2 is 1.92 bits per heavy atom. The first-order chi connectivity index (χ1) is 21.8. The molecule has 7 rings (SSSR count). The third-order valence-electron chi connectivity index (χ3n) is 7.09. The molecule has 7 nitrogen and oxygen atoms in total. The molecular weight excluding hydrogens is 469 g/mol. The minimum atomic E-state index is -3.67. The molecule has 1 aliphatic carbocycles. The molecule has 0 bridgehead atoms. The zero-order valence-corrected chi connectivity index (χ0v) is 19.6. The predicted octanol–water partition coefficient (Wildman–Crippen LogP) is 5.12. The number of fused-ring (bicyclic) bond motifs is 1. The van der Waals surface area contributed by atoms with E-state index >= 15 is 4.39 Å². The van der Waals surface area contributed by atoms with E-state index in [9.17, 15) is 9.59 Å². The Labute approximate surface area is 227 Å². The monoisotopic (exact) mass is 507 g/mol. The van der Waals surface area contributed by atoms with Crippen LogP contribution in [0.4, 0.5) is 9.18 Å². The molecule has 0 spiro atoms. The molecule has 0 radical (unpaired) electrons. The van der Waals surface area contributed by atoms with E-state index in [1.165, 1.54) is 12.1 Å². The smallest absolute Gasteiger partial charge is 0.320 e. The van der Waals surface area contributed by atoms with Crippen LogP contribution in [0.2, 0.25) is 0 Å². The Balaban J connectivity index is 1.32. The number of nitrogens with zero attached hydrogens (tertiary/aromatic N) is 5. The van der Waals surface area contributed by atoms with E-state index in [0.29, 0.717) is 34.1 Å². The van der Waals surface area contributed by atoms with Crippen LogP contribution in [0, 0.1) is 5.82 Å². The Kier molecular flexibility index (Phi) is 3.27. The average molecular weight is 508 g/mol. The summed E-state index contributed by atoms with van der Waals surface area (Å²) < 4.78 is 101. The van der Waals surface area contributed by atoms with Crippen molar-refractivity contribution in [1.82, 2.24) is 23.8 Å². The SMILES string of the molecule is [2H]C1([2H])N(C(=O)N2CCn3cc(C4=C(c5cnc6ccccn56)CCC4=O)c4cc(F)cc(c43)C2)C([2H])([2H])C([2H])([2H])C([2H])([2H])C1([2H])[2H]. The molecule has 1 saturated heterocycles. The van der Waals surface area contributed by atoms with E-state index in [-0.39, 0.29) is 42.3 Å². The quantitative estimate of drug-likeness (QED) is 0.378. The fraction of sp³-hybridized carbons (Fsp3) is 0.345. The van der Waals surface area contributed by atoms with Crippen molar-refractivity contribution in [3.63, 3.8) is 0 Å². The molecule has 188 valence electrons. The summed E-state index contributed by atoms with van der Waals surface area (Å²) >= 11 is 0. The van der Waals surface area contributed by atoms with Crippen LogP contribution >= 0.6 is 0 Å². The Morgan fingerprint density at radius 1 is 1.05 bits per heavy atom. The molecule has 1 aromatic carbocycles. The Morgan fingerprint density at radius 3 is 2.78 bits per heavy atom. The number of halogens is 1. The first kappa shape index (κ1) is 14.1. The summed E-state index contributed by atoms with van der Waals surface area (Å²) in [6.45, 7) is -7.80. The second kappa shape index (κ2) is 8.57. The summed E-state index contributed by atoms with van der Waals surface area (Å²) in [5.74, 6) is -0.810. The van der Waals surface area contributed by atoms with Crippen molar-refractivity contribution in [3.8, 4) is 0 Å². The summed E-state index contributed by atoms with van der Waals surface area (Å²) in [4.78, 5) is 32.6. The number of carbonyl (C=O) groups is 2. The van der Waals surface area contributed by atoms with Crippen molar-refractivity contribution in [3.05, 3.63) is 71.6 Å². The van der Waals surface area contributed by atoms with Gasteiger partial charge in [0.25, 0.3) is 0 Å². The normalized spacial score (nSPS) is 29.2. The third kappa shape index (κ3) is 3.57. The largest absolute Gasteiger partial charge is 0.345 e. The van der Waals surface area contributed by atoms with Crippen LogP contribution in [0.25, 0.3) is 27.7 Å². The highest BCUT2D eigenvalue weighted by atomic mass is 19.1. The highest BCUT2D eigenvalue weighted by Crippen LogP contribution is 2.42. The van der Waals surface area contributed by atoms with E-state index in [0.717, 1.165) is 16.2 Å². The maximum absolute atomic E-state index is 15.3. The molecule has 3 aromatic heterocycles. The number of likely N-dealkylation sites (tertiary alicyclic amines) is 1. The van der Waals surface area contributed by atoms with Gasteiger partial charge in [-0.05, 0) is 60.9 Å². The maximum Gasteiger partial charge on any atom is 0.320 e. The van der Waals surface area contributed by atoms with E-state index in [4.69, 9.17) is 13.7 Å². The van der Waals surface area contributed by atoms with Crippen LogP contribution in [0.1, 0.15) is 62.5 Å². The molecule has 0 N–H and O–H groups in total. The fourth-order valence-corrected chi connectivity index (χ4v) is 5.51. The first-order valence-corrected chi connectivity index (χ1v) is 11.9. The highest BCUT2D eigenvalue weighted by Gasteiger charge is 2.32. The van der Waals surface area contributed by atoms with Crippen LogP contribution in [-0.4, -0.2) is 55.1 Å². The molecule has 8 heteroatoms. The molecular formula is C29H28FN5O2. The highest BCUT2D eigenvalue weighted by molar-refractivity contribution is 6.33. The van der Waals surface area contributed by atoms with E-state index in [1.54, 1.807) is 17.0 Å². The second-order valence-electron chi connectivity index (χ2n) is 9.18. The lowest BCUT2D eigenvalue weighted by Gasteiger charge is -2.32. The van der Waals surface area contributed by atoms with Crippen molar-refractivity contribution in [2.45, 2.75) is 45.0 Å². The predicted molar refractivity (Wildman–Crippen MR) is 139 cm³/mol. The molecule has 2 aliphatic heterocycles. The van der Waals surface area contributed by atoms with Crippen LogP contribution < -0.4 is 0 Å². The number of pyridine rings is 1. The van der Waals surface area contributed by atoms with Gasteiger partial charge in [-0.3, -0.25) is 9.20 Å². The molecule has 0 unspecified atom stereocenters. The number of benzene rings is 1. The molecule has 4 aromatic rings. The van der Waals surface area contributed by atoms with Crippen molar-refractivity contribution < 1.29 is 27.7 Å². The van der Waals surface area contributed by atoms with Gasteiger partial charge in [-0.25, -0.2) is 14.2 Å². The zero-order valence-electron chi connectivity index (χ0n) is 29.6. The fourth-order valence-electron chi connectivity index (χ4n) is 5.51. The summed E-state index contributed by atoms with van der Waals surface area (Å²) in [6, 6.07) is 6.58. The number of aromatic nitrogens is 3. The van der Waals surface area contributed by atoms with Crippen molar-refractivity contribution in [2.24, 2.45) is 0 Å². The number of hydrogen-bond donors (Lipinski definition) is 0. The summed E-state index contributed by atoms with van der Waals surface area (Å²) in [6.07, 6.45) is -5.07. The van der Waals surface area contributed by atoms with Gasteiger partial charge in [-0.15, -0.1) is 0 Å². The number of amides is 2. The van der Waals surface area contributed by atoms with Crippen LogP contribution in [0.15, 0.2) is 48.9 Å². The Hall–Kier alpha value is -3.94. The van der Waals surface area contributed by atoms with Gasteiger partial charge in [0.15, 0.2) is 5.78 Å². The van der Waals surface area contributed by atoms with Gasteiger partial charge >= 0.3 is 6.03 Å². The van der Waals surface area contributed by atoms with Gasteiger partial charge in [0.05, 0.1) is 17.4 Å².